The predicted octanol–water partition coefficient (Wildman–Crippen LogP) is 2.76. The van der Waals surface area contributed by atoms with E-state index in [1.54, 1.807) is 17.0 Å². The second-order valence-electron chi connectivity index (χ2n) is 7.59. The van der Waals surface area contributed by atoms with Gasteiger partial charge in [0.25, 0.3) is 5.91 Å². The second kappa shape index (κ2) is 8.55. The van der Waals surface area contributed by atoms with Gasteiger partial charge in [-0.25, -0.2) is 0 Å². The smallest absolute Gasteiger partial charge is 0.256 e. The van der Waals surface area contributed by atoms with Gasteiger partial charge in [-0.15, -0.1) is 0 Å². The molecule has 2 aliphatic rings. The van der Waals surface area contributed by atoms with Crippen LogP contribution < -0.4 is 5.32 Å². The van der Waals surface area contributed by atoms with Crippen molar-refractivity contribution < 1.29 is 14.4 Å². The minimum Gasteiger partial charge on any atom is -0.339 e. The van der Waals surface area contributed by atoms with Gasteiger partial charge >= 0.3 is 0 Å². The average Bonchev–Trinajstić information content (AvgIpc) is 2.66. The lowest BCUT2D eigenvalue weighted by atomic mass is 9.84. The summed E-state index contributed by atoms with van der Waals surface area (Å²) in [5, 5.41) is 2.89. The fourth-order valence-electron chi connectivity index (χ4n) is 3.43. The predicted molar refractivity (Wildman–Crippen MR) is 104 cm³/mol. The molecule has 1 saturated heterocycles. The molecule has 1 aliphatic carbocycles. The van der Waals surface area contributed by atoms with E-state index >= 15 is 0 Å². The van der Waals surface area contributed by atoms with Crippen LogP contribution in [0.15, 0.2) is 24.3 Å². The van der Waals surface area contributed by atoms with E-state index in [9.17, 15) is 14.4 Å². The molecule has 1 aromatic carbocycles. The Morgan fingerprint density at radius 2 is 1.70 bits per heavy atom. The van der Waals surface area contributed by atoms with Crippen LogP contribution in [0.1, 0.15) is 49.9 Å². The molecule has 1 N–H and O–H groups in total. The van der Waals surface area contributed by atoms with Gasteiger partial charge in [0.15, 0.2) is 0 Å². The van der Waals surface area contributed by atoms with E-state index in [1.165, 1.54) is 0 Å². The van der Waals surface area contributed by atoms with Crippen molar-refractivity contribution in [2.24, 2.45) is 11.8 Å². The lowest BCUT2D eigenvalue weighted by Crippen LogP contribution is -2.52. The standard InChI is InChI=1S/C21H29N3O3/c1-3-15(2)19(25)22-18-10-5-4-9-17(18)21(27)24-13-11-23(12-14-24)20(26)16-7-6-8-16/h4-5,9-10,15-16H,3,6-8,11-14H2,1-2H3,(H,22,25). The average molecular weight is 371 g/mol. The molecule has 0 aromatic heterocycles. The summed E-state index contributed by atoms with van der Waals surface area (Å²) in [7, 11) is 0. The van der Waals surface area contributed by atoms with E-state index in [-0.39, 0.29) is 29.6 Å². The molecule has 6 heteroatoms. The van der Waals surface area contributed by atoms with Crippen molar-refractivity contribution in [1.82, 2.24) is 9.80 Å². The number of carbonyl (C=O) groups excluding carboxylic acids is 3. The van der Waals surface area contributed by atoms with Gasteiger partial charge in [-0.3, -0.25) is 14.4 Å². The van der Waals surface area contributed by atoms with Crippen molar-refractivity contribution in [2.45, 2.75) is 39.5 Å². The Balaban J connectivity index is 1.63. The molecule has 1 heterocycles. The maximum Gasteiger partial charge on any atom is 0.256 e. The lowest BCUT2D eigenvalue weighted by molar-refractivity contribution is -0.139. The third-order valence-electron chi connectivity index (χ3n) is 5.81. The monoisotopic (exact) mass is 371 g/mol. The molecule has 6 nitrogen and oxygen atoms in total. The van der Waals surface area contributed by atoms with Gasteiger partial charge in [-0.2, -0.15) is 0 Å². The van der Waals surface area contributed by atoms with Gasteiger partial charge in [0.2, 0.25) is 11.8 Å². The number of benzene rings is 1. The number of piperazine rings is 1. The third kappa shape index (κ3) is 4.31. The molecular weight excluding hydrogens is 342 g/mol. The number of hydrogen-bond donors (Lipinski definition) is 1. The van der Waals surface area contributed by atoms with Crippen molar-refractivity contribution in [3.05, 3.63) is 29.8 Å². The Morgan fingerprint density at radius 1 is 1.07 bits per heavy atom. The normalized spacial score (nSPS) is 18.6. The van der Waals surface area contributed by atoms with Gasteiger partial charge < -0.3 is 15.1 Å². The molecule has 1 aromatic rings. The topological polar surface area (TPSA) is 69.7 Å². The first-order valence-corrected chi connectivity index (χ1v) is 9.99. The summed E-state index contributed by atoms with van der Waals surface area (Å²) in [5.41, 5.74) is 1.06. The van der Waals surface area contributed by atoms with E-state index in [2.05, 4.69) is 5.32 Å². The third-order valence-corrected chi connectivity index (χ3v) is 5.81. The van der Waals surface area contributed by atoms with Crippen molar-refractivity contribution in [3.8, 4) is 0 Å². The summed E-state index contributed by atoms with van der Waals surface area (Å²) >= 11 is 0. The molecule has 0 radical (unpaired) electrons. The summed E-state index contributed by atoms with van der Waals surface area (Å²) in [6.45, 7) is 6.07. The number of nitrogens with one attached hydrogen (secondary N) is 1. The number of nitrogens with zero attached hydrogens (tertiary/aromatic N) is 2. The summed E-state index contributed by atoms with van der Waals surface area (Å²) in [6.07, 6.45) is 3.90. The highest BCUT2D eigenvalue weighted by molar-refractivity contribution is 6.04. The Hall–Kier alpha value is -2.37. The van der Waals surface area contributed by atoms with Crippen LogP contribution in [0.25, 0.3) is 0 Å². The van der Waals surface area contributed by atoms with E-state index in [0.29, 0.717) is 37.4 Å². The number of amides is 3. The molecule has 3 amide bonds. The molecule has 27 heavy (non-hydrogen) atoms. The van der Waals surface area contributed by atoms with Crippen LogP contribution in [0, 0.1) is 11.8 Å². The van der Waals surface area contributed by atoms with Gasteiger partial charge in [-0.05, 0) is 31.4 Å². The van der Waals surface area contributed by atoms with Gasteiger partial charge in [-0.1, -0.05) is 32.4 Å². The van der Waals surface area contributed by atoms with Crippen molar-refractivity contribution >= 4 is 23.4 Å². The fraction of sp³-hybridized carbons (Fsp3) is 0.571. The molecule has 1 unspecified atom stereocenters. The first kappa shape index (κ1) is 19.4. The molecule has 146 valence electrons. The first-order valence-electron chi connectivity index (χ1n) is 9.99. The zero-order valence-electron chi connectivity index (χ0n) is 16.2. The molecule has 0 bridgehead atoms. The number of anilines is 1. The van der Waals surface area contributed by atoms with Gasteiger partial charge in [0, 0.05) is 38.0 Å². The van der Waals surface area contributed by atoms with Crippen LogP contribution in [0.2, 0.25) is 0 Å². The first-order chi connectivity index (χ1) is 13.0. The summed E-state index contributed by atoms with van der Waals surface area (Å²) < 4.78 is 0. The SMILES string of the molecule is CCC(C)C(=O)Nc1ccccc1C(=O)N1CCN(C(=O)C2CCC2)CC1. The largest absolute Gasteiger partial charge is 0.339 e. The summed E-state index contributed by atoms with van der Waals surface area (Å²) in [5.74, 6) is 0.173. The molecule has 1 saturated carbocycles. The summed E-state index contributed by atoms with van der Waals surface area (Å²) in [6, 6.07) is 7.14. The molecule has 0 spiro atoms. The number of para-hydroxylation sites is 1. The Labute approximate surface area is 160 Å². The number of carbonyl (C=O) groups is 3. The van der Waals surface area contributed by atoms with Crippen LogP contribution >= 0.6 is 0 Å². The van der Waals surface area contributed by atoms with Gasteiger partial charge in [0.05, 0.1) is 11.3 Å². The second-order valence-corrected chi connectivity index (χ2v) is 7.59. The number of hydrogen-bond acceptors (Lipinski definition) is 3. The van der Waals surface area contributed by atoms with Crippen LogP contribution in [-0.2, 0) is 9.59 Å². The Kier molecular flexibility index (Phi) is 6.14. The molecule has 2 fully saturated rings. The minimum atomic E-state index is -0.103. The van der Waals surface area contributed by atoms with E-state index < -0.39 is 0 Å². The van der Waals surface area contributed by atoms with Crippen LogP contribution in [-0.4, -0.2) is 53.7 Å². The van der Waals surface area contributed by atoms with Gasteiger partial charge in [0.1, 0.15) is 0 Å². The zero-order chi connectivity index (χ0) is 19.4. The van der Waals surface area contributed by atoms with Crippen molar-refractivity contribution in [1.29, 1.82) is 0 Å². The fourth-order valence-corrected chi connectivity index (χ4v) is 3.43. The van der Waals surface area contributed by atoms with Crippen molar-refractivity contribution in [2.75, 3.05) is 31.5 Å². The zero-order valence-corrected chi connectivity index (χ0v) is 16.2. The van der Waals surface area contributed by atoms with Crippen LogP contribution in [0.4, 0.5) is 5.69 Å². The van der Waals surface area contributed by atoms with Crippen molar-refractivity contribution in [3.63, 3.8) is 0 Å². The Morgan fingerprint density at radius 3 is 2.30 bits per heavy atom. The highest BCUT2D eigenvalue weighted by Crippen LogP contribution is 2.28. The molecular formula is C21H29N3O3. The highest BCUT2D eigenvalue weighted by Gasteiger charge is 2.32. The number of rotatable bonds is 5. The summed E-state index contributed by atoms with van der Waals surface area (Å²) in [4.78, 5) is 41.3. The minimum absolute atomic E-state index is 0.0753. The maximum absolute atomic E-state index is 13.0. The Bertz CT molecular complexity index is 706. The molecule has 3 rings (SSSR count). The van der Waals surface area contributed by atoms with E-state index in [4.69, 9.17) is 0 Å². The quantitative estimate of drug-likeness (QED) is 0.865. The molecule has 1 atom stereocenters. The lowest BCUT2D eigenvalue weighted by Gasteiger charge is -2.38. The maximum atomic E-state index is 13.0. The molecule has 1 aliphatic heterocycles. The van der Waals surface area contributed by atoms with E-state index in [0.717, 1.165) is 25.7 Å². The van der Waals surface area contributed by atoms with E-state index in [1.807, 2.05) is 30.9 Å². The van der Waals surface area contributed by atoms with Crippen LogP contribution in [0.3, 0.4) is 0 Å². The van der Waals surface area contributed by atoms with Crippen LogP contribution in [0.5, 0.6) is 0 Å². The highest BCUT2D eigenvalue weighted by atomic mass is 16.2.